The summed E-state index contributed by atoms with van der Waals surface area (Å²) in [5.74, 6) is 0. The maximum Gasteiger partial charge on any atom is 0.544 e. The van der Waals surface area contributed by atoms with Crippen LogP contribution in [0.15, 0.2) is 59.5 Å². The van der Waals surface area contributed by atoms with Gasteiger partial charge in [0.05, 0.1) is 17.0 Å². The standard InChI is InChI=1S/C20H19ClF3N3O4S/c21-16-6-8-17(9-7-16)32(29,30)27-11-10-19(27)13-25(14-19)18(28)26(31-20(22,23)24)12-15-4-2-1-3-5-15/h1-9H,10-14H2. The Labute approximate surface area is 187 Å². The van der Waals surface area contributed by atoms with Gasteiger partial charge in [0.1, 0.15) is 0 Å². The molecule has 2 amide bonds. The highest BCUT2D eigenvalue weighted by Gasteiger charge is 2.60. The summed E-state index contributed by atoms with van der Waals surface area (Å²) in [4.78, 5) is 17.9. The second-order valence-corrected chi connectivity index (χ2v) is 10.0. The molecule has 2 aromatic carbocycles. The van der Waals surface area contributed by atoms with Crippen LogP contribution in [0.2, 0.25) is 5.02 Å². The zero-order valence-corrected chi connectivity index (χ0v) is 18.2. The number of amides is 2. The summed E-state index contributed by atoms with van der Waals surface area (Å²) in [7, 11) is -3.82. The summed E-state index contributed by atoms with van der Waals surface area (Å²) in [5.41, 5.74) is -0.374. The molecule has 12 heteroatoms. The molecule has 0 radical (unpaired) electrons. The number of hydrogen-bond donors (Lipinski definition) is 0. The molecular weight excluding hydrogens is 471 g/mol. The van der Waals surface area contributed by atoms with Crippen molar-refractivity contribution in [2.75, 3.05) is 19.6 Å². The number of urea groups is 1. The molecule has 2 aliphatic rings. The third-order valence-electron chi connectivity index (χ3n) is 5.55. The quantitative estimate of drug-likeness (QED) is 0.598. The predicted molar refractivity (Wildman–Crippen MR) is 109 cm³/mol. The van der Waals surface area contributed by atoms with E-state index in [9.17, 15) is 26.4 Å². The third kappa shape index (κ3) is 4.42. The number of nitrogens with zero attached hydrogens (tertiary/aromatic N) is 3. The lowest BCUT2D eigenvalue weighted by atomic mass is 9.80. The molecule has 0 bridgehead atoms. The van der Waals surface area contributed by atoms with Crippen LogP contribution in [0.4, 0.5) is 18.0 Å². The minimum atomic E-state index is -5.05. The third-order valence-corrected chi connectivity index (χ3v) is 7.82. The van der Waals surface area contributed by atoms with Gasteiger partial charge in [-0.25, -0.2) is 13.2 Å². The monoisotopic (exact) mass is 489 g/mol. The topological polar surface area (TPSA) is 70.2 Å². The molecule has 2 aromatic rings. The van der Waals surface area contributed by atoms with Gasteiger partial charge >= 0.3 is 12.4 Å². The SMILES string of the molecule is O=C(N1CC2(CCN2S(=O)(=O)c2ccc(Cl)cc2)C1)N(Cc1ccccc1)OC(F)(F)F. The first-order chi connectivity index (χ1) is 15.0. The number of alkyl halides is 3. The molecule has 0 N–H and O–H groups in total. The Balaban J connectivity index is 1.46. The molecule has 32 heavy (non-hydrogen) atoms. The first-order valence-electron chi connectivity index (χ1n) is 9.65. The molecule has 7 nitrogen and oxygen atoms in total. The molecular formula is C20H19ClF3N3O4S. The molecule has 1 spiro atoms. The Morgan fingerprint density at radius 1 is 1.09 bits per heavy atom. The van der Waals surface area contributed by atoms with Crippen LogP contribution < -0.4 is 0 Å². The van der Waals surface area contributed by atoms with Gasteiger partial charge in [-0.2, -0.15) is 14.2 Å². The van der Waals surface area contributed by atoms with Crippen molar-refractivity contribution in [1.82, 2.24) is 14.3 Å². The first kappa shape index (κ1) is 22.8. The maximum atomic E-state index is 13.0. The Morgan fingerprint density at radius 3 is 2.25 bits per heavy atom. The predicted octanol–water partition coefficient (Wildman–Crippen LogP) is 3.86. The van der Waals surface area contributed by atoms with Gasteiger partial charge in [0.15, 0.2) is 0 Å². The maximum absolute atomic E-state index is 13.0. The van der Waals surface area contributed by atoms with E-state index in [4.69, 9.17) is 11.6 Å². The molecule has 2 saturated heterocycles. The largest absolute Gasteiger partial charge is 0.544 e. The summed E-state index contributed by atoms with van der Waals surface area (Å²) in [6.45, 7) is -0.189. The first-order valence-corrected chi connectivity index (χ1v) is 11.5. The van der Waals surface area contributed by atoms with E-state index in [1.807, 2.05) is 0 Å². The Kier molecular flexibility index (Phi) is 5.86. The van der Waals surface area contributed by atoms with E-state index in [-0.39, 0.29) is 29.6 Å². The minimum absolute atomic E-state index is 0.0227. The summed E-state index contributed by atoms with van der Waals surface area (Å²) in [6, 6.07) is 12.9. The van der Waals surface area contributed by atoms with Crippen LogP contribution >= 0.6 is 11.6 Å². The zero-order chi connectivity index (χ0) is 23.1. The molecule has 4 rings (SSSR count). The van der Waals surface area contributed by atoms with Crippen molar-refractivity contribution in [2.45, 2.75) is 29.8 Å². The van der Waals surface area contributed by atoms with Crippen LogP contribution in [0.5, 0.6) is 0 Å². The van der Waals surface area contributed by atoms with Crippen LogP contribution in [0.25, 0.3) is 0 Å². The molecule has 2 heterocycles. The Bertz CT molecular complexity index is 1090. The van der Waals surface area contributed by atoms with E-state index in [1.165, 1.54) is 28.6 Å². The minimum Gasteiger partial charge on any atom is -0.319 e. The highest BCUT2D eigenvalue weighted by atomic mass is 35.5. The van der Waals surface area contributed by atoms with E-state index in [0.717, 1.165) is 4.90 Å². The molecule has 0 atom stereocenters. The van der Waals surface area contributed by atoms with Gasteiger partial charge in [-0.05, 0) is 36.2 Å². The van der Waals surface area contributed by atoms with E-state index in [2.05, 4.69) is 4.84 Å². The fourth-order valence-electron chi connectivity index (χ4n) is 3.91. The normalized spacial score (nSPS) is 18.2. The smallest absolute Gasteiger partial charge is 0.319 e. The van der Waals surface area contributed by atoms with Crippen LogP contribution in [0, 0.1) is 0 Å². The summed E-state index contributed by atoms with van der Waals surface area (Å²) < 4.78 is 65.9. The number of hydrogen-bond acceptors (Lipinski definition) is 4. The van der Waals surface area contributed by atoms with Crippen molar-refractivity contribution >= 4 is 27.7 Å². The van der Waals surface area contributed by atoms with Gasteiger partial charge < -0.3 is 4.90 Å². The lowest BCUT2D eigenvalue weighted by molar-refractivity contribution is -0.403. The summed E-state index contributed by atoms with van der Waals surface area (Å²) in [6.07, 6.45) is -4.55. The molecule has 0 saturated carbocycles. The van der Waals surface area contributed by atoms with E-state index in [1.54, 1.807) is 30.3 Å². The second kappa shape index (κ2) is 8.22. The lowest BCUT2D eigenvalue weighted by Gasteiger charge is -2.61. The van der Waals surface area contributed by atoms with E-state index >= 15 is 0 Å². The van der Waals surface area contributed by atoms with Crippen molar-refractivity contribution in [3.63, 3.8) is 0 Å². The highest BCUT2D eigenvalue weighted by Crippen LogP contribution is 2.43. The van der Waals surface area contributed by atoms with E-state index in [0.29, 0.717) is 17.0 Å². The van der Waals surface area contributed by atoms with Crippen LogP contribution in [0.1, 0.15) is 12.0 Å². The number of carbonyl (C=O) groups is 1. The number of likely N-dealkylation sites (tertiary alicyclic amines) is 1. The van der Waals surface area contributed by atoms with Crippen molar-refractivity contribution < 1.29 is 31.2 Å². The van der Waals surface area contributed by atoms with Crippen LogP contribution in [-0.4, -0.2) is 60.3 Å². The van der Waals surface area contributed by atoms with Crippen molar-refractivity contribution in [1.29, 1.82) is 0 Å². The van der Waals surface area contributed by atoms with Crippen molar-refractivity contribution in [2.24, 2.45) is 0 Å². The fraction of sp³-hybridized carbons (Fsp3) is 0.350. The molecule has 172 valence electrons. The number of sulfonamides is 1. The number of rotatable bonds is 5. The zero-order valence-electron chi connectivity index (χ0n) is 16.6. The fourth-order valence-corrected chi connectivity index (χ4v) is 5.82. The number of halogens is 4. The lowest BCUT2D eigenvalue weighted by Crippen LogP contribution is -2.79. The van der Waals surface area contributed by atoms with Crippen LogP contribution in [0.3, 0.4) is 0 Å². The van der Waals surface area contributed by atoms with Gasteiger partial charge in [-0.1, -0.05) is 41.9 Å². The second-order valence-electron chi connectivity index (χ2n) is 7.70. The van der Waals surface area contributed by atoms with Crippen LogP contribution in [-0.2, 0) is 21.4 Å². The average molecular weight is 490 g/mol. The van der Waals surface area contributed by atoms with Gasteiger partial charge in [0.2, 0.25) is 10.0 Å². The Morgan fingerprint density at radius 2 is 1.72 bits per heavy atom. The summed E-state index contributed by atoms with van der Waals surface area (Å²) >= 11 is 5.82. The highest BCUT2D eigenvalue weighted by molar-refractivity contribution is 7.89. The Hall–Kier alpha value is -2.34. The van der Waals surface area contributed by atoms with Crippen molar-refractivity contribution in [3.8, 4) is 0 Å². The molecule has 0 aromatic heterocycles. The van der Waals surface area contributed by atoms with E-state index < -0.39 is 34.5 Å². The number of hydroxylamine groups is 2. The van der Waals surface area contributed by atoms with Gasteiger partial charge in [-0.15, -0.1) is 13.2 Å². The molecule has 2 aliphatic heterocycles. The molecule has 0 aliphatic carbocycles. The van der Waals surface area contributed by atoms with Crippen molar-refractivity contribution in [3.05, 3.63) is 65.2 Å². The van der Waals surface area contributed by atoms with Gasteiger partial charge in [-0.3, -0.25) is 0 Å². The van der Waals surface area contributed by atoms with Gasteiger partial charge in [0, 0.05) is 24.7 Å². The van der Waals surface area contributed by atoms with Gasteiger partial charge in [0.25, 0.3) is 0 Å². The average Bonchev–Trinajstić information content (AvgIpc) is 2.65. The number of carbonyl (C=O) groups excluding carboxylic acids is 1. The molecule has 2 fully saturated rings. The summed E-state index contributed by atoms with van der Waals surface area (Å²) in [5, 5.41) is 0.643. The number of benzene rings is 2. The molecule has 0 unspecified atom stereocenters.